The van der Waals surface area contributed by atoms with Gasteiger partial charge in [-0.3, -0.25) is 4.98 Å². The molecule has 0 unspecified atom stereocenters. The van der Waals surface area contributed by atoms with Crippen LogP contribution in [-0.2, 0) is 13.5 Å². The zero-order chi connectivity index (χ0) is 16.1. The molecule has 1 aliphatic heterocycles. The highest BCUT2D eigenvalue weighted by atomic mass is 16.2. The van der Waals surface area contributed by atoms with E-state index in [2.05, 4.69) is 20.5 Å². The van der Waals surface area contributed by atoms with Crippen LogP contribution in [0.15, 0.2) is 30.7 Å². The molecule has 2 aromatic rings. The summed E-state index contributed by atoms with van der Waals surface area (Å²) in [6, 6.07) is 5.81. The molecule has 3 rings (SSSR count). The van der Waals surface area contributed by atoms with Crippen LogP contribution < -0.4 is 5.32 Å². The Kier molecular flexibility index (Phi) is 4.85. The van der Waals surface area contributed by atoms with Crippen molar-refractivity contribution < 1.29 is 4.79 Å². The van der Waals surface area contributed by atoms with Gasteiger partial charge in [-0.25, -0.2) is 4.79 Å². The van der Waals surface area contributed by atoms with E-state index in [1.54, 1.807) is 12.5 Å². The van der Waals surface area contributed by atoms with Crippen LogP contribution in [0.2, 0.25) is 0 Å². The lowest BCUT2D eigenvalue weighted by Gasteiger charge is -2.32. The minimum atomic E-state index is -0.00667. The predicted octanol–water partition coefficient (Wildman–Crippen LogP) is 1.34. The van der Waals surface area contributed by atoms with Gasteiger partial charge < -0.3 is 14.8 Å². The zero-order valence-corrected chi connectivity index (χ0v) is 13.4. The molecule has 23 heavy (non-hydrogen) atoms. The van der Waals surface area contributed by atoms with Crippen molar-refractivity contribution in [3.63, 3.8) is 0 Å². The number of hydrogen-bond acceptors (Lipinski definition) is 4. The first-order valence-electron chi connectivity index (χ1n) is 8.00. The van der Waals surface area contributed by atoms with Crippen LogP contribution in [-0.4, -0.2) is 50.3 Å². The molecule has 0 aromatic carbocycles. The van der Waals surface area contributed by atoms with Gasteiger partial charge in [-0.05, 0) is 25.0 Å². The molecule has 1 aliphatic rings. The number of pyridine rings is 1. The summed E-state index contributed by atoms with van der Waals surface area (Å²) >= 11 is 0. The van der Waals surface area contributed by atoms with E-state index in [1.807, 2.05) is 34.7 Å². The lowest BCUT2D eigenvalue weighted by atomic mass is 9.97. The molecule has 1 N–H and O–H groups in total. The smallest absolute Gasteiger partial charge is 0.317 e. The maximum absolute atomic E-state index is 12.3. The number of likely N-dealkylation sites (tertiary alicyclic amines) is 1. The summed E-state index contributed by atoms with van der Waals surface area (Å²) < 4.78 is 1.94. The fourth-order valence-corrected chi connectivity index (χ4v) is 2.99. The number of nitrogens with zero attached hydrogens (tertiary/aromatic N) is 5. The average molecular weight is 314 g/mol. The number of aromatic nitrogens is 4. The maximum Gasteiger partial charge on any atom is 0.317 e. The fourth-order valence-electron chi connectivity index (χ4n) is 2.99. The molecule has 7 nitrogen and oxygen atoms in total. The summed E-state index contributed by atoms with van der Waals surface area (Å²) in [5.41, 5.74) is 0.989. The molecular formula is C16H22N6O. The summed E-state index contributed by atoms with van der Waals surface area (Å²) in [7, 11) is 1.95. The van der Waals surface area contributed by atoms with Gasteiger partial charge in [0.2, 0.25) is 0 Å². The minimum Gasteiger partial charge on any atom is -0.338 e. The molecule has 2 aromatic heterocycles. The quantitative estimate of drug-likeness (QED) is 0.924. The number of nitrogens with one attached hydrogen (secondary N) is 1. The molecule has 1 atom stereocenters. The lowest BCUT2D eigenvalue weighted by Crippen LogP contribution is -2.45. The number of rotatable bonds is 4. The van der Waals surface area contributed by atoms with Crippen LogP contribution in [0.4, 0.5) is 4.79 Å². The van der Waals surface area contributed by atoms with E-state index in [1.165, 1.54) is 0 Å². The SMILES string of the molecule is Cn1cnnc1[C@@H]1CCCN(C(=O)NCCc2ccccn2)C1. The lowest BCUT2D eigenvalue weighted by molar-refractivity contribution is 0.178. The maximum atomic E-state index is 12.3. The highest BCUT2D eigenvalue weighted by molar-refractivity contribution is 5.74. The van der Waals surface area contributed by atoms with Crippen LogP contribution in [0.1, 0.15) is 30.3 Å². The van der Waals surface area contributed by atoms with Crippen molar-refractivity contribution in [3.05, 3.63) is 42.2 Å². The summed E-state index contributed by atoms with van der Waals surface area (Å²) in [6.45, 7) is 2.09. The van der Waals surface area contributed by atoms with E-state index in [0.29, 0.717) is 13.1 Å². The molecule has 0 bridgehead atoms. The Labute approximate surface area is 135 Å². The van der Waals surface area contributed by atoms with Crippen LogP contribution >= 0.6 is 0 Å². The molecule has 0 aliphatic carbocycles. The Morgan fingerprint density at radius 1 is 1.43 bits per heavy atom. The second-order valence-electron chi connectivity index (χ2n) is 5.89. The van der Waals surface area contributed by atoms with Crippen molar-refractivity contribution in [1.29, 1.82) is 0 Å². The molecule has 0 radical (unpaired) electrons. The van der Waals surface area contributed by atoms with Crippen LogP contribution in [0.25, 0.3) is 0 Å². The third kappa shape index (κ3) is 3.85. The van der Waals surface area contributed by atoms with E-state index in [0.717, 1.165) is 37.3 Å². The van der Waals surface area contributed by atoms with Gasteiger partial charge in [-0.2, -0.15) is 0 Å². The van der Waals surface area contributed by atoms with Gasteiger partial charge in [0, 0.05) is 50.9 Å². The molecule has 7 heteroatoms. The standard InChI is InChI=1S/C16H22N6O/c1-21-12-19-20-15(21)13-5-4-10-22(11-13)16(23)18-9-7-14-6-2-3-8-17-14/h2-3,6,8,12-13H,4-5,7,9-11H2,1H3,(H,18,23)/t13-/m1/s1. The number of carbonyl (C=O) groups excluding carboxylic acids is 1. The Morgan fingerprint density at radius 3 is 3.09 bits per heavy atom. The number of aryl methyl sites for hydroxylation is 1. The highest BCUT2D eigenvalue weighted by Crippen LogP contribution is 2.24. The summed E-state index contributed by atoms with van der Waals surface area (Å²) in [5.74, 6) is 1.22. The van der Waals surface area contributed by atoms with Crippen LogP contribution in [0.3, 0.4) is 0 Å². The zero-order valence-electron chi connectivity index (χ0n) is 13.4. The predicted molar refractivity (Wildman–Crippen MR) is 85.9 cm³/mol. The van der Waals surface area contributed by atoms with Crippen molar-refractivity contribution in [2.45, 2.75) is 25.2 Å². The van der Waals surface area contributed by atoms with Crippen molar-refractivity contribution in [1.82, 2.24) is 30.0 Å². The first-order valence-corrected chi connectivity index (χ1v) is 8.00. The van der Waals surface area contributed by atoms with Gasteiger partial charge in [0.05, 0.1) is 0 Å². The van der Waals surface area contributed by atoms with Crippen molar-refractivity contribution >= 4 is 6.03 Å². The molecule has 3 heterocycles. The van der Waals surface area contributed by atoms with Crippen LogP contribution in [0.5, 0.6) is 0 Å². The van der Waals surface area contributed by atoms with Gasteiger partial charge >= 0.3 is 6.03 Å². The number of amides is 2. The third-order valence-corrected chi connectivity index (χ3v) is 4.20. The Morgan fingerprint density at radius 2 is 2.35 bits per heavy atom. The Bertz CT molecular complexity index is 641. The van der Waals surface area contributed by atoms with Gasteiger partial charge in [0.1, 0.15) is 12.2 Å². The van der Waals surface area contributed by atoms with Gasteiger partial charge in [0.15, 0.2) is 0 Å². The minimum absolute atomic E-state index is 0.00667. The Hall–Kier alpha value is -2.44. The van der Waals surface area contributed by atoms with Gasteiger partial charge in [-0.1, -0.05) is 6.07 Å². The first kappa shape index (κ1) is 15.5. The van der Waals surface area contributed by atoms with Gasteiger partial charge in [-0.15, -0.1) is 10.2 Å². The van der Waals surface area contributed by atoms with Crippen molar-refractivity contribution in [2.24, 2.45) is 7.05 Å². The summed E-state index contributed by atoms with van der Waals surface area (Å²) in [4.78, 5) is 18.5. The second-order valence-corrected chi connectivity index (χ2v) is 5.89. The van der Waals surface area contributed by atoms with Crippen LogP contribution in [0, 0.1) is 0 Å². The molecule has 2 amide bonds. The largest absolute Gasteiger partial charge is 0.338 e. The normalized spacial score (nSPS) is 18.0. The van der Waals surface area contributed by atoms with Gasteiger partial charge in [0.25, 0.3) is 0 Å². The fraction of sp³-hybridized carbons (Fsp3) is 0.500. The molecule has 0 saturated carbocycles. The first-order chi connectivity index (χ1) is 11.2. The molecular weight excluding hydrogens is 292 g/mol. The molecule has 1 saturated heterocycles. The highest BCUT2D eigenvalue weighted by Gasteiger charge is 2.27. The van der Waals surface area contributed by atoms with Crippen molar-refractivity contribution in [2.75, 3.05) is 19.6 Å². The molecule has 1 fully saturated rings. The number of carbonyl (C=O) groups is 1. The van der Waals surface area contributed by atoms with E-state index in [9.17, 15) is 4.79 Å². The average Bonchev–Trinajstić information content (AvgIpc) is 3.02. The van der Waals surface area contributed by atoms with Crippen molar-refractivity contribution in [3.8, 4) is 0 Å². The summed E-state index contributed by atoms with van der Waals surface area (Å²) in [5, 5.41) is 11.1. The third-order valence-electron chi connectivity index (χ3n) is 4.20. The van der Waals surface area contributed by atoms with E-state index in [-0.39, 0.29) is 11.9 Å². The molecule has 0 spiro atoms. The summed E-state index contributed by atoms with van der Waals surface area (Å²) in [6.07, 6.45) is 6.26. The van der Waals surface area contributed by atoms with E-state index < -0.39 is 0 Å². The van der Waals surface area contributed by atoms with E-state index in [4.69, 9.17) is 0 Å². The number of hydrogen-bond donors (Lipinski definition) is 1. The number of piperidine rings is 1. The second kappa shape index (κ2) is 7.21. The topological polar surface area (TPSA) is 75.9 Å². The molecule has 122 valence electrons. The number of urea groups is 1. The van der Waals surface area contributed by atoms with E-state index >= 15 is 0 Å². The Balaban J connectivity index is 1.50. The monoisotopic (exact) mass is 314 g/mol.